The highest BCUT2D eigenvalue weighted by Crippen LogP contribution is 2.29. The number of carbonyl (C=O) groups excluding carboxylic acids is 1. The van der Waals surface area contributed by atoms with Gasteiger partial charge >= 0.3 is 5.97 Å². The fraction of sp³-hybridized carbons (Fsp3) is 0.417. The van der Waals surface area contributed by atoms with E-state index in [-0.39, 0.29) is 11.4 Å². The van der Waals surface area contributed by atoms with Gasteiger partial charge < -0.3 is 15.4 Å². The number of rotatable bonds is 5. The van der Waals surface area contributed by atoms with Gasteiger partial charge in [-0.1, -0.05) is 0 Å². The van der Waals surface area contributed by atoms with E-state index >= 15 is 0 Å². The molecule has 0 fully saturated rings. The number of anilines is 2. The summed E-state index contributed by atoms with van der Waals surface area (Å²) in [5.41, 5.74) is 6.34. The van der Waals surface area contributed by atoms with E-state index in [0.29, 0.717) is 10.9 Å². The molecule has 0 aliphatic rings. The summed E-state index contributed by atoms with van der Waals surface area (Å²) < 4.78 is 6.29. The first-order chi connectivity index (χ1) is 9.63. The van der Waals surface area contributed by atoms with Gasteiger partial charge in [-0.25, -0.2) is 9.78 Å². The quantitative estimate of drug-likeness (QED) is 0.842. The van der Waals surface area contributed by atoms with Crippen LogP contribution < -0.4 is 10.6 Å². The summed E-state index contributed by atoms with van der Waals surface area (Å²) in [7, 11) is 1.33. The van der Waals surface area contributed by atoms with Crippen molar-refractivity contribution in [2.75, 3.05) is 30.8 Å². The van der Waals surface area contributed by atoms with Crippen LogP contribution >= 0.6 is 11.3 Å². The van der Waals surface area contributed by atoms with E-state index in [2.05, 4.69) is 10.1 Å². The number of ether oxygens (including phenoxy) is 1. The van der Waals surface area contributed by atoms with Crippen molar-refractivity contribution in [2.24, 2.45) is 0 Å². The highest BCUT2D eigenvalue weighted by atomic mass is 32.1. The predicted octanol–water partition coefficient (Wildman–Crippen LogP) is 1.54. The number of aromatic nitrogens is 3. The van der Waals surface area contributed by atoms with Crippen LogP contribution in [-0.2, 0) is 4.74 Å². The summed E-state index contributed by atoms with van der Waals surface area (Å²) in [5, 5.41) is 6.87. The van der Waals surface area contributed by atoms with Gasteiger partial charge in [0.05, 0.1) is 7.11 Å². The SMILES string of the molecule is CCN(CC)c1nn(-c2nccs2)c(N)c1C(=O)OC. The minimum Gasteiger partial charge on any atom is -0.465 e. The minimum atomic E-state index is -0.493. The standard InChI is InChI=1S/C12H17N5O2S/c1-4-16(5-2)10-8(11(18)19-3)9(13)17(15-10)12-14-6-7-20-12/h6-7H,4-5,13H2,1-3H3. The summed E-state index contributed by atoms with van der Waals surface area (Å²) in [6.45, 7) is 5.41. The van der Waals surface area contributed by atoms with E-state index in [1.54, 1.807) is 6.20 Å². The molecule has 0 unspecified atom stereocenters. The van der Waals surface area contributed by atoms with Crippen LogP contribution in [-0.4, -0.2) is 40.9 Å². The number of hydrogen-bond donors (Lipinski definition) is 1. The maximum absolute atomic E-state index is 12.0. The molecule has 108 valence electrons. The van der Waals surface area contributed by atoms with Crippen molar-refractivity contribution in [3.63, 3.8) is 0 Å². The van der Waals surface area contributed by atoms with E-state index in [1.165, 1.54) is 23.1 Å². The Bertz CT molecular complexity index is 589. The van der Waals surface area contributed by atoms with Gasteiger partial charge in [-0.2, -0.15) is 4.68 Å². The highest BCUT2D eigenvalue weighted by Gasteiger charge is 2.26. The first-order valence-electron chi connectivity index (χ1n) is 6.25. The van der Waals surface area contributed by atoms with Gasteiger partial charge in [0.25, 0.3) is 0 Å². The molecule has 2 rings (SSSR count). The number of esters is 1. The number of carbonyl (C=O) groups is 1. The Kier molecular flexibility index (Phi) is 4.23. The molecule has 0 aliphatic heterocycles. The maximum Gasteiger partial charge on any atom is 0.345 e. The van der Waals surface area contributed by atoms with Crippen molar-refractivity contribution in [2.45, 2.75) is 13.8 Å². The monoisotopic (exact) mass is 295 g/mol. The normalized spacial score (nSPS) is 10.6. The highest BCUT2D eigenvalue weighted by molar-refractivity contribution is 7.12. The third-order valence-electron chi connectivity index (χ3n) is 2.96. The molecule has 20 heavy (non-hydrogen) atoms. The molecule has 0 radical (unpaired) electrons. The third kappa shape index (κ3) is 2.34. The van der Waals surface area contributed by atoms with Gasteiger partial charge in [0, 0.05) is 24.7 Å². The number of hydrogen-bond acceptors (Lipinski definition) is 7. The molecule has 0 spiro atoms. The van der Waals surface area contributed by atoms with Gasteiger partial charge in [0.15, 0.2) is 5.82 Å². The molecule has 2 heterocycles. The van der Waals surface area contributed by atoms with E-state index in [0.717, 1.165) is 13.1 Å². The second-order valence-electron chi connectivity index (χ2n) is 3.97. The van der Waals surface area contributed by atoms with Gasteiger partial charge in [0.2, 0.25) is 5.13 Å². The van der Waals surface area contributed by atoms with Crippen molar-refractivity contribution in [3.8, 4) is 5.13 Å². The van der Waals surface area contributed by atoms with E-state index in [9.17, 15) is 4.79 Å². The molecule has 0 saturated heterocycles. The molecule has 0 bridgehead atoms. The molecule has 0 amide bonds. The Hall–Kier alpha value is -2.09. The lowest BCUT2D eigenvalue weighted by Crippen LogP contribution is -2.24. The van der Waals surface area contributed by atoms with Crippen molar-refractivity contribution in [3.05, 3.63) is 17.1 Å². The van der Waals surface area contributed by atoms with Gasteiger partial charge in [0.1, 0.15) is 11.4 Å². The molecule has 2 aromatic heterocycles. The summed E-state index contributed by atoms with van der Waals surface area (Å²) in [4.78, 5) is 18.1. The molecule has 0 saturated carbocycles. The van der Waals surface area contributed by atoms with Gasteiger partial charge in [-0.05, 0) is 13.8 Å². The molecule has 2 N–H and O–H groups in total. The number of nitrogen functional groups attached to an aromatic ring is 1. The van der Waals surface area contributed by atoms with Gasteiger partial charge in [-0.3, -0.25) is 0 Å². The number of nitrogens with two attached hydrogens (primary N) is 1. The summed E-state index contributed by atoms with van der Waals surface area (Å²) >= 11 is 1.40. The topological polar surface area (TPSA) is 86.3 Å². The summed E-state index contributed by atoms with van der Waals surface area (Å²) in [6, 6.07) is 0. The van der Waals surface area contributed by atoms with Crippen LogP contribution in [0.4, 0.5) is 11.6 Å². The molecule has 0 atom stereocenters. The van der Waals surface area contributed by atoms with Crippen molar-refractivity contribution in [1.29, 1.82) is 0 Å². The molecule has 8 heteroatoms. The Labute approximate surface area is 121 Å². The number of thiazole rings is 1. The van der Waals surface area contributed by atoms with Crippen LogP contribution in [0.5, 0.6) is 0 Å². The van der Waals surface area contributed by atoms with Crippen LogP contribution in [0.2, 0.25) is 0 Å². The largest absolute Gasteiger partial charge is 0.465 e. The molecule has 2 aromatic rings. The first-order valence-corrected chi connectivity index (χ1v) is 7.13. The lowest BCUT2D eigenvalue weighted by molar-refractivity contribution is 0.0602. The second-order valence-corrected chi connectivity index (χ2v) is 4.85. The maximum atomic E-state index is 12.0. The zero-order chi connectivity index (χ0) is 14.7. The summed E-state index contributed by atoms with van der Waals surface area (Å²) in [6.07, 6.45) is 1.66. The first kappa shape index (κ1) is 14.3. The fourth-order valence-corrected chi connectivity index (χ4v) is 2.53. The Morgan fingerprint density at radius 3 is 2.70 bits per heavy atom. The van der Waals surface area contributed by atoms with Crippen molar-refractivity contribution >= 4 is 28.9 Å². The van der Waals surface area contributed by atoms with E-state index in [4.69, 9.17) is 10.5 Å². The smallest absolute Gasteiger partial charge is 0.345 e. The van der Waals surface area contributed by atoms with Crippen LogP contribution in [0.1, 0.15) is 24.2 Å². The summed E-state index contributed by atoms with van der Waals surface area (Å²) in [5.74, 6) is 0.274. The third-order valence-corrected chi connectivity index (χ3v) is 3.70. The molecular weight excluding hydrogens is 278 g/mol. The zero-order valence-corrected chi connectivity index (χ0v) is 12.5. The van der Waals surface area contributed by atoms with Crippen molar-refractivity contribution < 1.29 is 9.53 Å². The van der Waals surface area contributed by atoms with Crippen LogP contribution in [0.25, 0.3) is 5.13 Å². The molecule has 0 aromatic carbocycles. The average molecular weight is 295 g/mol. The average Bonchev–Trinajstić information content (AvgIpc) is 3.07. The minimum absolute atomic E-state index is 0.244. The lowest BCUT2D eigenvalue weighted by Gasteiger charge is -2.18. The fourth-order valence-electron chi connectivity index (χ4n) is 1.93. The molecular formula is C12H17N5O2S. The molecule has 7 nitrogen and oxygen atoms in total. The Balaban J connectivity index is 2.60. The zero-order valence-electron chi connectivity index (χ0n) is 11.7. The van der Waals surface area contributed by atoms with Crippen molar-refractivity contribution in [1.82, 2.24) is 14.8 Å². The Morgan fingerprint density at radius 2 is 2.20 bits per heavy atom. The lowest BCUT2D eigenvalue weighted by atomic mass is 10.2. The number of methoxy groups -OCH3 is 1. The van der Waals surface area contributed by atoms with Crippen LogP contribution in [0, 0.1) is 0 Å². The molecule has 0 aliphatic carbocycles. The van der Waals surface area contributed by atoms with Crippen LogP contribution in [0.15, 0.2) is 11.6 Å². The predicted molar refractivity (Wildman–Crippen MR) is 78.5 cm³/mol. The van der Waals surface area contributed by atoms with Crippen LogP contribution in [0.3, 0.4) is 0 Å². The van der Waals surface area contributed by atoms with Gasteiger partial charge in [-0.15, -0.1) is 16.4 Å². The van der Waals surface area contributed by atoms with E-state index in [1.807, 2.05) is 24.1 Å². The van der Waals surface area contributed by atoms with E-state index < -0.39 is 5.97 Å². The Morgan fingerprint density at radius 1 is 1.50 bits per heavy atom. The number of nitrogens with zero attached hydrogens (tertiary/aromatic N) is 4. The second kappa shape index (κ2) is 5.91.